The van der Waals surface area contributed by atoms with Crippen molar-refractivity contribution in [3.8, 4) is 5.75 Å². The van der Waals surface area contributed by atoms with Crippen molar-refractivity contribution in [2.75, 3.05) is 31.6 Å². The summed E-state index contributed by atoms with van der Waals surface area (Å²) < 4.78 is 32.9. The van der Waals surface area contributed by atoms with Gasteiger partial charge in [-0.05, 0) is 73.3 Å². The molecule has 3 rings (SSSR count). The Hall–Kier alpha value is -2.91. The molecule has 0 saturated heterocycles. The number of carbonyl (C=O) groups excluding carboxylic acids is 2. The van der Waals surface area contributed by atoms with Crippen LogP contribution in [0.25, 0.3) is 0 Å². The van der Waals surface area contributed by atoms with E-state index in [-0.39, 0.29) is 16.4 Å². The Kier molecular flexibility index (Phi) is 10.1. The molecule has 1 heterocycles. The predicted octanol–water partition coefficient (Wildman–Crippen LogP) is 4.59. The van der Waals surface area contributed by atoms with Crippen molar-refractivity contribution >= 4 is 27.5 Å². The van der Waals surface area contributed by atoms with Crippen LogP contribution in [0.15, 0.2) is 47.4 Å². The normalized spacial score (nSPS) is 15.9. The van der Waals surface area contributed by atoms with Gasteiger partial charge in [0.25, 0.3) is 15.9 Å². The lowest BCUT2D eigenvalue weighted by atomic mass is 10.0. The molecular weight excluding hydrogens is 490 g/mol. The number of hydrogen-bond donors (Lipinski definition) is 1. The summed E-state index contributed by atoms with van der Waals surface area (Å²) in [5.74, 6) is 0.218. The molecule has 0 spiro atoms. The van der Waals surface area contributed by atoms with Crippen LogP contribution in [0.3, 0.4) is 0 Å². The zero-order valence-electron chi connectivity index (χ0n) is 22.3. The number of rotatable bonds is 6. The Labute approximate surface area is 221 Å². The highest BCUT2D eigenvalue weighted by atomic mass is 32.2. The minimum absolute atomic E-state index is 0.0289. The summed E-state index contributed by atoms with van der Waals surface area (Å²) in [6.07, 6.45) is 5.37. The first-order chi connectivity index (χ1) is 17.6. The maximum atomic E-state index is 13.1. The van der Waals surface area contributed by atoms with Gasteiger partial charge in [-0.15, -0.1) is 0 Å². The molecule has 2 aromatic rings. The maximum absolute atomic E-state index is 13.1. The van der Waals surface area contributed by atoms with E-state index in [1.54, 1.807) is 30.0 Å². The quantitative estimate of drug-likeness (QED) is 0.588. The predicted molar refractivity (Wildman–Crippen MR) is 145 cm³/mol. The summed E-state index contributed by atoms with van der Waals surface area (Å²) in [6.45, 7) is 8.92. The van der Waals surface area contributed by atoms with Gasteiger partial charge in [0.2, 0.25) is 5.91 Å². The number of fused-ring (bicyclic) bond motifs is 1. The van der Waals surface area contributed by atoms with Crippen LogP contribution in [-0.2, 0) is 21.4 Å². The van der Waals surface area contributed by atoms with Gasteiger partial charge < -0.3 is 9.64 Å². The molecule has 0 radical (unpaired) electrons. The summed E-state index contributed by atoms with van der Waals surface area (Å²) in [7, 11) is -2.57. The summed E-state index contributed by atoms with van der Waals surface area (Å²) in [5.41, 5.74) is 1.85. The lowest BCUT2D eigenvalue weighted by molar-refractivity contribution is -0.116. The fourth-order valence-corrected chi connectivity index (χ4v) is 5.66. The second-order valence-corrected chi connectivity index (χ2v) is 11.7. The van der Waals surface area contributed by atoms with E-state index in [9.17, 15) is 18.0 Å². The maximum Gasteiger partial charge on any atom is 0.265 e. The SMILES string of the molecule is COc1ccc(S(=O)(=O)NC(=O)c2ccc3c(c2)CN(CC(C)C)CCCCCCCN3C(C)=O)cc1. The van der Waals surface area contributed by atoms with Crippen molar-refractivity contribution in [3.63, 3.8) is 0 Å². The number of amides is 2. The van der Waals surface area contributed by atoms with E-state index in [0.29, 0.717) is 24.8 Å². The molecule has 0 aliphatic carbocycles. The molecule has 0 fully saturated rings. The van der Waals surface area contributed by atoms with E-state index in [0.717, 1.165) is 56.4 Å². The Morgan fingerprint density at radius 1 is 0.973 bits per heavy atom. The molecular formula is C28H39N3O5S. The molecule has 202 valence electrons. The smallest absolute Gasteiger partial charge is 0.265 e. The lowest BCUT2D eigenvalue weighted by Gasteiger charge is -2.30. The number of carbonyl (C=O) groups is 2. The van der Waals surface area contributed by atoms with Gasteiger partial charge in [0.05, 0.1) is 12.0 Å². The summed E-state index contributed by atoms with van der Waals surface area (Å²) >= 11 is 0. The Bertz CT molecular complexity index is 1180. The lowest BCUT2D eigenvalue weighted by Crippen LogP contribution is -2.34. The van der Waals surface area contributed by atoms with Crippen LogP contribution >= 0.6 is 0 Å². The van der Waals surface area contributed by atoms with Gasteiger partial charge in [0.1, 0.15) is 5.75 Å². The van der Waals surface area contributed by atoms with Gasteiger partial charge in [-0.1, -0.05) is 33.1 Å². The van der Waals surface area contributed by atoms with Crippen LogP contribution in [0, 0.1) is 5.92 Å². The highest BCUT2D eigenvalue weighted by Gasteiger charge is 2.23. The van der Waals surface area contributed by atoms with Crippen LogP contribution in [0.4, 0.5) is 5.69 Å². The minimum atomic E-state index is -4.07. The van der Waals surface area contributed by atoms with Crippen LogP contribution < -0.4 is 14.4 Å². The van der Waals surface area contributed by atoms with E-state index >= 15 is 0 Å². The number of benzene rings is 2. The Balaban J connectivity index is 1.94. The monoisotopic (exact) mass is 529 g/mol. The third kappa shape index (κ3) is 8.04. The molecule has 1 aliphatic heterocycles. The first-order valence-corrected chi connectivity index (χ1v) is 14.4. The van der Waals surface area contributed by atoms with Gasteiger partial charge in [0, 0.05) is 37.8 Å². The molecule has 1 aliphatic rings. The van der Waals surface area contributed by atoms with Crippen LogP contribution in [0.1, 0.15) is 68.8 Å². The first-order valence-electron chi connectivity index (χ1n) is 13.0. The third-order valence-electron chi connectivity index (χ3n) is 6.48. The molecule has 0 atom stereocenters. The number of hydrogen-bond acceptors (Lipinski definition) is 6. The van der Waals surface area contributed by atoms with Crippen molar-refractivity contribution < 1.29 is 22.7 Å². The molecule has 0 bridgehead atoms. The van der Waals surface area contributed by atoms with Gasteiger partial charge in [-0.3, -0.25) is 14.5 Å². The molecule has 1 N–H and O–H groups in total. The third-order valence-corrected chi connectivity index (χ3v) is 7.83. The van der Waals surface area contributed by atoms with Crippen LogP contribution in [0.2, 0.25) is 0 Å². The van der Waals surface area contributed by atoms with Crippen LogP contribution in [-0.4, -0.2) is 51.9 Å². The van der Waals surface area contributed by atoms with Crippen LogP contribution in [0.5, 0.6) is 5.75 Å². The molecule has 2 amide bonds. The Morgan fingerprint density at radius 3 is 2.24 bits per heavy atom. The average molecular weight is 530 g/mol. The standard InChI is InChI=1S/C28H39N3O5S/c1-21(2)19-30-16-8-6-5-7-9-17-31(22(3)32)27-15-10-23(18-24(27)20-30)28(33)29-37(34,35)26-13-11-25(36-4)12-14-26/h10-15,18,21H,5-9,16-17,19-20H2,1-4H3,(H,29,33). The highest BCUT2D eigenvalue weighted by molar-refractivity contribution is 7.90. The van der Waals surface area contributed by atoms with Crippen molar-refractivity contribution in [1.82, 2.24) is 9.62 Å². The highest BCUT2D eigenvalue weighted by Crippen LogP contribution is 2.27. The second-order valence-electron chi connectivity index (χ2n) is 10.0. The minimum Gasteiger partial charge on any atom is -0.497 e. The van der Waals surface area contributed by atoms with Crippen molar-refractivity contribution in [2.45, 2.75) is 64.3 Å². The summed E-state index contributed by atoms with van der Waals surface area (Å²) in [5, 5.41) is 0. The molecule has 0 aromatic heterocycles. The number of ether oxygens (including phenoxy) is 1. The summed E-state index contributed by atoms with van der Waals surface area (Å²) in [6, 6.07) is 10.9. The molecule has 9 heteroatoms. The molecule has 0 unspecified atom stereocenters. The van der Waals surface area contributed by atoms with E-state index in [2.05, 4.69) is 23.5 Å². The number of sulfonamides is 1. The van der Waals surface area contributed by atoms with Gasteiger partial charge >= 0.3 is 0 Å². The molecule has 2 aromatic carbocycles. The van der Waals surface area contributed by atoms with Gasteiger partial charge in [-0.2, -0.15) is 0 Å². The number of nitrogens with zero attached hydrogens (tertiary/aromatic N) is 2. The van der Waals surface area contributed by atoms with E-state index < -0.39 is 15.9 Å². The van der Waals surface area contributed by atoms with Crippen molar-refractivity contribution in [2.24, 2.45) is 5.92 Å². The van der Waals surface area contributed by atoms with E-state index in [4.69, 9.17) is 4.74 Å². The first kappa shape index (κ1) is 28.7. The fraction of sp³-hybridized carbons (Fsp3) is 0.500. The number of anilines is 1. The molecule has 8 nitrogen and oxygen atoms in total. The number of nitrogens with one attached hydrogen (secondary N) is 1. The van der Waals surface area contributed by atoms with Gasteiger partial charge in [0.15, 0.2) is 0 Å². The van der Waals surface area contributed by atoms with Crippen molar-refractivity contribution in [1.29, 1.82) is 0 Å². The molecule has 0 saturated carbocycles. The topological polar surface area (TPSA) is 96.0 Å². The van der Waals surface area contributed by atoms with E-state index in [1.165, 1.54) is 31.4 Å². The second kappa shape index (κ2) is 13.1. The zero-order chi connectivity index (χ0) is 27.0. The summed E-state index contributed by atoms with van der Waals surface area (Å²) in [4.78, 5) is 29.8. The van der Waals surface area contributed by atoms with Gasteiger partial charge in [-0.25, -0.2) is 13.1 Å². The zero-order valence-corrected chi connectivity index (χ0v) is 23.1. The molecule has 37 heavy (non-hydrogen) atoms. The Morgan fingerprint density at radius 2 is 1.62 bits per heavy atom. The fourth-order valence-electron chi connectivity index (χ4n) is 4.69. The van der Waals surface area contributed by atoms with Crippen molar-refractivity contribution in [3.05, 3.63) is 53.6 Å². The van der Waals surface area contributed by atoms with E-state index in [1.807, 2.05) is 0 Å². The largest absolute Gasteiger partial charge is 0.497 e. The number of methoxy groups -OCH3 is 1. The average Bonchev–Trinajstić information content (AvgIpc) is 2.84.